The number of ether oxygens (including phenoxy) is 1. The molecule has 7 heteroatoms. The molecule has 3 aromatic carbocycles. The third-order valence-corrected chi connectivity index (χ3v) is 6.21. The second-order valence-corrected chi connectivity index (χ2v) is 8.89. The Hall–Kier alpha value is -3.87. The van der Waals surface area contributed by atoms with Gasteiger partial charge in [0.2, 0.25) is 5.91 Å². The molecule has 1 heterocycles. The summed E-state index contributed by atoms with van der Waals surface area (Å²) >= 11 is 0. The average Bonchev–Trinajstić information content (AvgIpc) is 3.27. The number of hydrogen-bond donors (Lipinski definition) is 1. The number of benzene rings is 3. The number of nitrogens with zero attached hydrogens (tertiary/aromatic N) is 2. The van der Waals surface area contributed by atoms with Crippen LogP contribution in [0.4, 0.5) is 15.8 Å². The Morgan fingerprint density at radius 1 is 1.06 bits per heavy atom. The number of aliphatic carboxylic acids is 1. The lowest BCUT2D eigenvalue weighted by molar-refractivity contribution is -0.137. The zero-order valence-corrected chi connectivity index (χ0v) is 20.0. The van der Waals surface area contributed by atoms with Crippen LogP contribution in [0.3, 0.4) is 0 Å². The molecule has 1 aliphatic rings. The Kier molecular flexibility index (Phi) is 7.34. The van der Waals surface area contributed by atoms with Crippen molar-refractivity contribution >= 4 is 23.3 Å². The number of fused-ring (bicyclic) bond motifs is 1. The van der Waals surface area contributed by atoms with E-state index in [2.05, 4.69) is 0 Å². The molecule has 0 fully saturated rings. The van der Waals surface area contributed by atoms with E-state index in [1.165, 1.54) is 6.07 Å². The molecule has 0 saturated heterocycles. The van der Waals surface area contributed by atoms with Crippen molar-refractivity contribution in [3.8, 4) is 5.75 Å². The van der Waals surface area contributed by atoms with Gasteiger partial charge in [-0.1, -0.05) is 36.4 Å². The molecule has 1 aliphatic heterocycles. The number of aryl methyl sites for hydroxylation is 1. The molecular weight excluding hydrogens is 447 g/mol. The van der Waals surface area contributed by atoms with Gasteiger partial charge in [0.05, 0.1) is 12.1 Å². The summed E-state index contributed by atoms with van der Waals surface area (Å²) in [6.45, 7) is 0.812. The number of carboxylic acids is 1. The molecule has 0 aromatic heterocycles. The number of rotatable bonds is 9. The zero-order chi connectivity index (χ0) is 24.9. The van der Waals surface area contributed by atoms with Crippen molar-refractivity contribution in [1.82, 2.24) is 0 Å². The second kappa shape index (κ2) is 10.6. The van der Waals surface area contributed by atoms with Gasteiger partial charge in [0.1, 0.15) is 18.2 Å². The molecule has 182 valence electrons. The fourth-order valence-electron chi connectivity index (χ4n) is 4.31. The fraction of sp³-hybridized carbons (Fsp3) is 0.286. The van der Waals surface area contributed by atoms with E-state index >= 15 is 0 Å². The Balaban J connectivity index is 1.45. The fourth-order valence-corrected chi connectivity index (χ4v) is 4.31. The van der Waals surface area contributed by atoms with Crippen molar-refractivity contribution in [3.63, 3.8) is 0 Å². The van der Waals surface area contributed by atoms with E-state index in [4.69, 9.17) is 9.84 Å². The molecule has 6 nitrogen and oxygen atoms in total. The lowest BCUT2D eigenvalue weighted by Gasteiger charge is -2.21. The minimum atomic E-state index is -0.965. The smallest absolute Gasteiger partial charge is 0.303 e. The first-order chi connectivity index (χ1) is 16.8. The highest BCUT2D eigenvalue weighted by Gasteiger charge is 2.27. The van der Waals surface area contributed by atoms with Gasteiger partial charge in [-0.25, -0.2) is 4.39 Å². The minimum absolute atomic E-state index is 0.0302. The predicted octanol–water partition coefficient (Wildman–Crippen LogP) is 4.62. The summed E-state index contributed by atoms with van der Waals surface area (Å²) in [5.74, 6) is -1.06. The summed E-state index contributed by atoms with van der Waals surface area (Å²) in [5, 5.41) is 8.80. The molecule has 1 N–H and O–H groups in total. The molecule has 4 rings (SSSR count). The van der Waals surface area contributed by atoms with Crippen molar-refractivity contribution in [1.29, 1.82) is 0 Å². The Bertz CT molecular complexity index is 1220. The maximum atomic E-state index is 14.4. The van der Waals surface area contributed by atoms with E-state index in [1.54, 1.807) is 12.1 Å². The van der Waals surface area contributed by atoms with E-state index in [9.17, 15) is 14.0 Å². The first-order valence-electron chi connectivity index (χ1n) is 11.6. The second-order valence-electron chi connectivity index (χ2n) is 8.89. The van der Waals surface area contributed by atoms with Crippen LogP contribution in [0.5, 0.6) is 5.75 Å². The van der Waals surface area contributed by atoms with Crippen LogP contribution in [0.15, 0.2) is 60.7 Å². The molecule has 0 spiro atoms. The summed E-state index contributed by atoms with van der Waals surface area (Å²) < 4.78 is 20.2. The Labute approximate surface area is 204 Å². The molecule has 0 unspecified atom stereocenters. The van der Waals surface area contributed by atoms with Crippen LogP contribution in [-0.2, 0) is 35.5 Å². The van der Waals surface area contributed by atoms with Crippen LogP contribution >= 0.6 is 0 Å². The van der Waals surface area contributed by atoms with E-state index in [-0.39, 0.29) is 25.4 Å². The van der Waals surface area contributed by atoms with Crippen molar-refractivity contribution in [2.24, 2.45) is 0 Å². The minimum Gasteiger partial charge on any atom is -0.489 e. The summed E-state index contributed by atoms with van der Waals surface area (Å²) in [4.78, 5) is 27.8. The third-order valence-electron chi connectivity index (χ3n) is 6.21. The van der Waals surface area contributed by atoms with Gasteiger partial charge in [0, 0.05) is 44.4 Å². The molecule has 0 saturated carbocycles. The van der Waals surface area contributed by atoms with Crippen molar-refractivity contribution < 1.29 is 23.8 Å². The number of carboxylic acid groups (broad SMARTS) is 1. The molecule has 0 radical (unpaired) electrons. The van der Waals surface area contributed by atoms with E-state index < -0.39 is 11.8 Å². The number of halogens is 1. The average molecular weight is 477 g/mol. The molecule has 0 bridgehead atoms. The lowest BCUT2D eigenvalue weighted by Crippen LogP contribution is -2.31. The number of para-hydroxylation sites is 1. The lowest BCUT2D eigenvalue weighted by atomic mass is 10.1. The standard InChI is InChI=1S/C28H29FN2O4/c1-30(2)23-10-6-19(7-11-23)16-26(32)31-15-14-21-4-3-5-22(28(21)31)18-35-24-12-8-20(25(29)17-24)9-13-27(33)34/h3-8,10-12,17H,9,13-16,18H2,1-2H3,(H,33,34). The van der Waals surface area contributed by atoms with Gasteiger partial charge in [-0.15, -0.1) is 0 Å². The molecule has 0 aliphatic carbocycles. The van der Waals surface area contributed by atoms with Gasteiger partial charge in [-0.05, 0) is 47.7 Å². The van der Waals surface area contributed by atoms with Gasteiger partial charge >= 0.3 is 5.97 Å². The maximum absolute atomic E-state index is 14.4. The Morgan fingerprint density at radius 3 is 2.51 bits per heavy atom. The van der Waals surface area contributed by atoms with Crippen molar-refractivity contribution in [2.45, 2.75) is 32.3 Å². The van der Waals surface area contributed by atoms with Crippen LogP contribution in [0, 0.1) is 5.82 Å². The summed E-state index contributed by atoms with van der Waals surface area (Å²) in [7, 11) is 3.96. The summed E-state index contributed by atoms with van der Waals surface area (Å²) in [6.07, 6.45) is 1.09. The van der Waals surface area contributed by atoms with Crippen LogP contribution < -0.4 is 14.5 Å². The van der Waals surface area contributed by atoms with Gasteiger partial charge in [-0.3, -0.25) is 9.59 Å². The van der Waals surface area contributed by atoms with E-state index in [0.29, 0.717) is 24.3 Å². The van der Waals surface area contributed by atoms with Gasteiger partial charge in [0.15, 0.2) is 0 Å². The van der Waals surface area contributed by atoms with Crippen LogP contribution in [-0.4, -0.2) is 37.6 Å². The van der Waals surface area contributed by atoms with Gasteiger partial charge in [0.25, 0.3) is 0 Å². The predicted molar refractivity (Wildman–Crippen MR) is 134 cm³/mol. The van der Waals surface area contributed by atoms with Gasteiger partial charge in [-0.2, -0.15) is 0 Å². The number of amides is 1. The third kappa shape index (κ3) is 5.80. The SMILES string of the molecule is CN(C)c1ccc(CC(=O)N2CCc3cccc(COc4ccc(CCC(=O)O)c(F)c4)c32)cc1. The van der Waals surface area contributed by atoms with Crippen molar-refractivity contribution in [2.75, 3.05) is 30.4 Å². The first-order valence-corrected chi connectivity index (χ1v) is 11.6. The Morgan fingerprint density at radius 2 is 1.83 bits per heavy atom. The normalized spacial score (nSPS) is 12.4. The van der Waals surface area contributed by atoms with Crippen LogP contribution in [0.2, 0.25) is 0 Å². The zero-order valence-electron chi connectivity index (χ0n) is 20.0. The molecule has 35 heavy (non-hydrogen) atoms. The number of hydrogen-bond acceptors (Lipinski definition) is 4. The van der Waals surface area contributed by atoms with Gasteiger partial charge < -0.3 is 19.6 Å². The summed E-state index contributed by atoms with van der Waals surface area (Å²) in [6, 6.07) is 18.3. The maximum Gasteiger partial charge on any atom is 0.303 e. The molecule has 0 atom stereocenters. The number of carbonyl (C=O) groups excluding carboxylic acids is 1. The van der Waals surface area contributed by atoms with E-state index in [0.717, 1.165) is 34.5 Å². The summed E-state index contributed by atoms with van der Waals surface area (Å²) in [5.41, 5.74) is 5.22. The monoisotopic (exact) mass is 476 g/mol. The van der Waals surface area contributed by atoms with Crippen LogP contribution in [0.25, 0.3) is 0 Å². The largest absolute Gasteiger partial charge is 0.489 e. The number of carbonyl (C=O) groups is 2. The first kappa shape index (κ1) is 24.3. The van der Waals surface area contributed by atoms with Crippen molar-refractivity contribution in [3.05, 3.63) is 88.7 Å². The van der Waals surface area contributed by atoms with E-state index in [1.807, 2.05) is 66.4 Å². The molecule has 3 aromatic rings. The number of anilines is 2. The highest BCUT2D eigenvalue weighted by atomic mass is 19.1. The van der Waals surface area contributed by atoms with Crippen LogP contribution in [0.1, 0.15) is 28.7 Å². The highest BCUT2D eigenvalue weighted by Crippen LogP contribution is 2.33. The molecule has 1 amide bonds. The topological polar surface area (TPSA) is 70.1 Å². The highest BCUT2D eigenvalue weighted by molar-refractivity contribution is 5.97. The quantitative estimate of drug-likeness (QED) is 0.488. The molecular formula is C28H29FN2O4.